The summed E-state index contributed by atoms with van der Waals surface area (Å²) in [5.74, 6) is 0.996. The Morgan fingerprint density at radius 3 is 2.69 bits per heavy atom. The fourth-order valence-corrected chi connectivity index (χ4v) is 2.07. The molecule has 1 unspecified atom stereocenters. The van der Waals surface area contributed by atoms with Gasteiger partial charge in [0.25, 0.3) is 0 Å². The van der Waals surface area contributed by atoms with Crippen LogP contribution in [0, 0.1) is 5.92 Å². The predicted molar refractivity (Wildman–Crippen MR) is 56.9 cm³/mol. The number of likely N-dealkylation sites (tertiary alicyclic amines) is 1. The molecular weight excluding hydrogens is 165 g/mol. The first kappa shape index (κ1) is 12.9. The standard InChI is InChI=1S/C11H23N.FH/c1-3-5-8-12-9-6-7-11(4-2)10-12;/h11H,3-10H2,1-2H3;1H. The third-order valence-corrected chi connectivity index (χ3v) is 3.01. The van der Waals surface area contributed by atoms with Gasteiger partial charge in [0.1, 0.15) is 0 Å². The third kappa shape index (κ3) is 4.61. The minimum atomic E-state index is 0. The van der Waals surface area contributed by atoms with Gasteiger partial charge in [-0.15, -0.1) is 0 Å². The van der Waals surface area contributed by atoms with Crippen molar-refractivity contribution >= 4 is 0 Å². The van der Waals surface area contributed by atoms with Crippen LogP contribution in [-0.2, 0) is 0 Å². The van der Waals surface area contributed by atoms with Crippen molar-refractivity contribution < 1.29 is 4.70 Å². The molecule has 1 saturated heterocycles. The highest BCUT2D eigenvalue weighted by Gasteiger charge is 2.17. The summed E-state index contributed by atoms with van der Waals surface area (Å²) in [5.41, 5.74) is 0. The van der Waals surface area contributed by atoms with Crippen LogP contribution >= 0.6 is 0 Å². The van der Waals surface area contributed by atoms with Crippen LogP contribution in [0.1, 0.15) is 46.0 Å². The Bertz CT molecular complexity index is 117. The number of nitrogens with zero attached hydrogens (tertiary/aromatic N) is 1. The van der Waals surface area contributed by atoms with Crippen LogP contribution in [0.15, 0.2) is 0 Å². The second-order valence-corrected chi connectivity index (χ2v) is 4.07. The first-order valence-corrected chi connectivity index (χ1v) is 5.59. The predicted octanol–water partition coefficient (Wildman–Crippen LogP) is 3.06. The summed E-state index contributed by atoms with van der Waals surface area (Å²) < 4.78 is 0. The zero-order valence-corrected chi connectivity index (χ0v) is 9.09. The molecule has 1 fully saturated rings. The summed E-state index contributed by atoms with van der Waals surface area (Å²) in [6.45, 7) is 8.68. The highest BCUT2D eigenvalue weighted by atomic mass is 19.0. The first-order valence-electron chi connectivity index (χ1n) is 5.59. The van der Waals surface area contributed by atoms with Gasteiger partial charge in [0.2, 0.25) is 0 Å². The first-order chi connectivity index (χ1) is 5.86. The maximum Gasteiger partial charge on any atom is 0.000956 e. The lowest BCUT2D eigenvalue weighted by atomic mass is 9.95. The molecule has 1 rings (SSSR count). The average Bonchev–Trinajstić information content (AvgIpc) is 2.15. The van der Waals surface area contributed by atoms with Crippen molar-refractivity contribution in [3.05, 3.63) is 0 Å². The Morgan fingerprint density at radius 1 is 1.31 bits per heavy atom. The van der Waals surface area contributed by atoms with E-state index in [0.29, 0.717) is 0 Å². The number of unbranched alkanes of at least 4 members (excludes halogenated alkanes) is 1. The summed E-state index contributed by atoms with van der Waals surface area (Å²) in [7, 11) is 0. The summed E-state index contributed by atoms with van der Waals surface area (Å²) in [6.07, 6.45) is 7.01. The molecular formula is C11H24FN. The van der Waals surface area contributed by atoms with Crippen LogP contribution in [0.5, 0.6) is 0 Å². The van der Waals surface area contributed by atoms with Crippen molar-refractivity contribution in [1.29, 1.82) is 0 Å². The molecule has 2 heteroatoms. The van der Waals surface area contributed by atoms with E-state index >= 15 is 0 Å². The van der Waals surface area contributed by atoms with E-state index in [1.807, 2.05) is 0 Å². The van der Waals surface area contributed by atoms with Gasteiger partial charge in [-0.05, 0) is 38.3 Å². The van der Waals surface area contributed by atoms with Crippen LogP contribution in [0.25, 0.3) is 0 Å². The molecule has 0 spiro atoms. The quantitative estimate of drug-likeness (QED) is 0.657. The monoisotopic (exact) mass is 189 g/mol. The minimum Gasteiger partial charge on any atom is -0.303 e. The summed E-state index contributed by atoms with van der Waals surface area (Å²) in [4.78, 5) is 2.65. The highest BCUT2D eigenvalue weighted by Crippen LogP contribution is 2.19. The van der Waals surface area contributed by atoms with E-state index in [-0.39, 0.29) is 4.70 Å². The van der Waals surface area contributed by atoms with E-state index < -0.39 is 0 Å². The van der Waals surface area contributed by atoms with Gasteiger partial charge in [-0.3, -0.25) is 4.70 Å². The van der Waals surface area contributed by atoms with E-state index in [0.717, 1.165) is 5.92 Å². The summed E-state index contributed by atoms with van der Waals surface area (Å²) in [6, 6.07) is 0. The molecule has 80 valence electrons. The molecule has 1 nitrogen and oxygen atoms in total. The van der Waals surface area contributed by atoms with Crippen molar-refractivity contribution in [3.8, 4) is 0 Å². The van der Waals surface area contributed by atoms with Gasteiger partial charge >= 0.3 is 0 Å². The van der Waals surface area contributed by atoms with Crippen molar-refractivity contribution in [2.45, 2.75) is 46.0 Å². The molecule has 0 aromatic heterocycles. The smallest absolute Gasteiger partial charge is 0.000956 e. The van der Waals surface area contributed by atoms with E-state index in [2.05, 4.69) is 18.7 Å². The second kappa shape index (κ2) is 7.31. The molecule has 0 N–H and O–H groups in total. The number of piperidine rings is 1. The maximum absolute atomic E-state index is 2.65. The van der Waals surface area contributed by atoms with Crippen LogP contribution in [0.4, 0.5) is 4.70 Å². The highest BCUT2D eigenvalue weighted by molar-refractivity contribution is 4.71. The Balaban J connectivity index is 0.00000144. The second-order valence-electron chi connectivity index (χ2n) is 4.07. The molecule has 0 amide bonds. The molecule has 0 aliphatic carbocycles. The molecule has 0 saturated carbocycles. The Kier molecular flexibility index (Phi) is 7.25. The number of rotatable bonds is 4. The summed E-state index contributed by atoms with van der Waals surface area (Å²) in [5, 5.41) is 0. The van der Waals surface area contributed by atoms with Gasteiger partial charge in [-0.1, -0.05) is 26.7 Å². The molecule has 0 bridgehead atoms. The van der Waals surface area contributed by atoms with Gasteiger partial charge in [-0.25, -0.2) is 0 Å². The molecule has 1 heterocycles. The normalized spacial score (nSPS) is 24.0. The van der Waals surface area contributed by atoms with Crippen LogP contribution in [0.3, 0.4) is 0 Å². The lowest BCUT2D eigenvalue weighted by Crippen LogP contribution is -2.35. The van der Waals surface area contributed by atoms with Crippen LogP contribution in [-0.4, -0.2) is 24.5 Å². The molecule has 0 aromatic carbocycles. The molecule has 1 aliphatic rings. The van der Waals surface area contributed by atoms with Crippen molar-refractivity contribution in [1.82, 2.24) is 4.90 Å². The SMILES string of the molecule is CCCCN1CCCC(CC)C1.F. The average molecular weight is 189 g/mol. The topological polar surface area (TPSA) is 3.24 Å². The van der Waals surface area contributed by atoms with E-state index in [4.69, 9.17) is 0 Å². The van der Waals surface area contributed by atoms with Crippen molar-refractivity contribution in [2.75, 3.05) is 19.6 Å². The zero-order chi connectivity index (χ0) is 8.81. The summed E-state index contributed by atoms with van der Waals surface area (Å²) >= 11 is 0. The van der Waals surface area contributed by atoms with Gasteiger partial charge < -0.3 is 4.90 Å². The molecule has 13 heavy (non-hydrogen) atoms. The fourth-order valence-electron chi connectivity index (χ4n) is 2.07. The number of hydrogen-bond acceptors (Lipinski definition) is 1. The lowest BCUT2D eigenvalue weighted by molar-refractivity contribution is 0.170. The maximum atomic E-state index is 2.65. The molecule has 1 aliphatic heterocycles. The largest absolute Gasteiger partial charge is 0.303 e. The van der Waals surface area contributed by atoms with Crippen molar-refractivity contribution in [3.63, 3.8) is 0 Å². The van der Waals surface area contributed by atoms with Gasteiger partial charge in [0.05, 0.1) is 0 Å². The zero-order valence-electron chi connectivity index (χ0n) is 9.09. The number of halogens is 1. The van der Waals surface area contributed by atoms with Crippen LogP contribution < -0.4 is 0 Å². The van der Waals surface area contributed by atoms with Crippen molar-refractivity contribution in [2.24, 2.45) is 5.92 Å². The Morgan fingerprint density at radius 2 is 2.08 bits per heavy atom. The number of hydrogen-bond donors (Lipinski definition) is 0. The minimum absolute atomic E-state index is 0. The van der Waals surface area contributed by atoms with Gasteiger partial charge in [0.15, 0.2) is 0 Å². The lowest BCUT2D eigenvalue weighted by Gasteiger charge is -2.32. The molecule has 0 aromatic rings. The van der Waals surface area contributed by atoms with E-state index in [1.54, 1.807) is 0 Å². The van der Waals surface area contributed by atoms with E-state index in [1.165, 1.54) is 51.7 Å². The third-order valence-electron chi connectivity index (χ3n) is 3.01. The molecule has 1 atom stereocenters. The van der Waals surface area contributed by atoms with Crippen LogP contribution in [0.2, 0.25) is 0 Å². The Labute approximate surface area is 81.9 Å². The fraction of sp³-hybridized carbons (Fsp3) is 1.00. The van der Waals surface area contributed by atoms with E-state index in [9.17, 15) is 0 Å². The molecule has 0 radical (unpaired) electrons. The van der Waals surface area contributed by atoms with Gasteiger partial charge in [0, 0.05) is 6.54 Å². The van der Waals surface area contributed by atoms with Gasteiger partial charge in [-0.2, -0.15) is 0 Å². The Hall–Kier alpha value is -0.110.